The zero-order valence-corrected chi connectivity index (χ0v) is 6.33. The summed E-state index contributed by atoms with van der Waals surface area (Å²) in [6, 6.07) is 2.08. The smallest absolute Gasteiger partial charge is 0.0822 e. The Morgan fingerprint density at radius 3 is 2.75 bits per heavy atom. The molecule has 1 nitrogen and oxygen atoms in total. The second kappa shape index (κ2) is 2.35. The number of rotatable bonds is 1. The molecule has 1 aromatic heterocycles. The third-order valence-electron chi connectivity index (χ3n) is 1.12. The van der Waals surface area contributed by atoms with Crippen LogP contribution >= 0.6 is 15.9 Å². The van der Waals surface area contributed by atoms with E-state index in [2.05, 4.69) is 33.9 Å². The van der Waals surface area contributed by atoms with Crippen LogP contribution in [-0.2, 0) is 6.42 Å². The van der Waals surface area contributed by atoms with Crippen molar-refractivity contribution in [2.24, 2.45) is 0 Å². The highest BCUT2D eigenvalue weighted by molar-refractivity contribution is 9.10. The summed E-state index contributed by atoms with van der Waals surface area (Å²) in [5.41, 5.74) is 1.34. The van der Waals surface area contributed by atoms with E-state index in [1.54, 1.807) is 0 Å². The summed E-state index contributed by atoms with van der Waals surface area (Å²) in [7, 11) is 0. The minimum Gasteiger partial charge on any atom is -0.356 e. The van der Waals surface area contributed by atoms with Gasteiger partial charge >= 0.3 is 0 Å². The van der Waals surface area contributed by atoms with Gasteiger partial charge in [0.1, 0.15) is 0 Å². The van der Waals surface area contributed by atoms with E-state index < -0.39 is 0 Å². The van der Waals surface area contributed by atoms with E-state index in [0.29, 0.717) is 0 Å². The molecule has 0 bridgehead atoms. The van der Waals surface area contributed by atoms with Crippen LogP contribution in [-0.4, -0.2) is 4.98 Å². The Morgan fingerprint density at radius 1 is 1.75 bits per heavy atom. The van der Waals surface area contributed by atoms with Gasteiger partial charge in [0.15, 0.2) is 0 Å². The van der Waals surface area contributed by atoms with Gasteiger partial charge in [0.2, 0.25) is 0 Å². The summed E-state index contributed by atoms with van der Waals surface area (Å²) in [4.78, 5) is 3.04. The van der Waals surface area contributed by atoms with Gasteiger partial charge in [-0.1, -0.05) is 6.92 Å². The summed E-state index contributed by atoms with van der Waals surface area (Å²) in [6.07, 6.45) is 3.10. The highest BCUT2D eigenvalue weighted by Crippen LogP contribution is 2.09. The first-order chi connectivity index (χ1) is 3.83. The number of nitrogens with one attached hydrogen (secondary N) is 1. The number of hydrogen-bond acceptors (Lipinski definition) is 0. The number of aromatic amines is 1. The van der Waals surface area contributed by atoms with Crippen molar-refractivity contribution in [3.8, 4) is 0 Å². The molecule has 0 aliphatic heterocycles. The fourth-order valence-corrected chi connectivity index (χ4v) is 1.02. The standard InChI is InChI=1S/C6H8BrN/c1-2-5-3-6(7)8-4-5/h3-4,8H,2H2,1H3. The number of H-pyrrole nitrogens is 1. The second-order valence-electron chi connectivity index (χ2n) is 1.71. The molecule has 1 N–H and O–H groups in total. The molecule has 1 rings (SSSR count). The summed E-state index contributed by atoms with van der Waals surface area (Å²) in [6.45, 7) is 2.13. The van der Waals surface area contributed by atoms with Crippen molar-refractivity contribution < 1.29 is 0 Å². The van der Waals surface area contributed by atoms with Crippen molar-refractivity contribution in [1.82, 2.24) is 4.98 Å². The maximum absolute atomic E-state index is 3.32. The second-order valence-corrected chi connectivity index (χ2v) is 2.56. The molecule has 0 saturated heterocycles. The monoisotopic (exact) mass is 173 g/mol. The van der Waals surface area contributed by atoms with E-state index in [1.165, 1.54) is 5.56 Å². The van der Waals surface area contributed by atoms with Crippen LogP contribution in [0.15, 0.2) is 16.9 Å². The zero-order valence-electron chi connectivity index (χ0n) is 4.74. The molecule has 0 aromatic carbocycles. The summed E-state index contributed by atoms with van der Waals surface area (Å²) in [5.74, 6) is 0. The first-order valence-corrected chi connectivity index (χ1v) is 3.45. The van der Waals surface area contributed by atoms with Crippen molar-refractivity contribution in [1.29, 1.82) is 0 Å². The molecule has 1 heterocycles. The summed E-state index contributed by atoms with van der Waals surface area (Å²) < 4.78 is 1.06. The van der Waals surface area contributed by atoms with E-state index in [9.17, 15) is 0 Å². The molecule has 8 heavy (non-hydrogen) atoms. The van der Waals surface area contributed by atoms with Crippen LogP contribution in [0.5, 0.6) is 0 Å². The van der Waals surface area contributed by atoms with Gasteiger partial charge in [-0.25, -0.2) is 0 Å². The van der Waals surface area contributed by atoms with Crippen LogP contribution in [0, 0.1) is 0 Å². The Bertz CT molecular complexity index is 169. The average Bonchev–Trinajstić information content (AvgIpc) is 2.14. The third-order valence-corrected chi connectivity index (χ3v) is 1.57. The van der Waals surface area contributed by atoms with Crippen molar-refractivity contribution in [2.45, 2.75) is 13.3 Å². The lowest BCUT2D eigenvalue weighted by atomic mass is 10.3. The quantitative estimate of drug-likeness (QED) is 0.672. The minimum atomic E-state index is 1.06. The average molecular weight is 174 g/mol. The fraction of sp³-hybridized carbons (Fsp3) is 0.333. The Balaban J connectivity index is 2.84. The maximum Gasteiger partial charge on any atom is 0.0822 e. The largest absolute Gasteiger partial charge is 0.356 e. The van der Waals surface area contributed by atoms with E-state index in [1.807, 2.05) is 6.20 Å². The Morgan fingerprint density at radius 2 is 2.50 bits per heavy atom. The molecule has 1 aromatic rings. The van der Waals surface area contributed by atoms with Crippen LogP contribution in [0.25, 0.3) is 0 Å². The van der Waals surface area contributed by atoms with Crippen molar-refractivity contribution >= 4 is 15.9 Å². The Labute approximate surface area is 57.2 Å². The first-order valence-electron chi connectivity index (χ1n) is 2.65. The fourth-order valence-electron chi connectivity index (χ4n) is 0.612. The van der Waals surface area contributed by atoms with E-state index >= 15 is 0 Å². The van der Waals surface area contributed by atoms with Crippen LogP contribution < -0.4 is 0 Å². The normalized spacial score (nSPS) is 9.75. The molecule has 0 amide bonds. The lowest BCUT2D eigenvalue weighted by molar-refractivity contribution is 1.14. The Kier molecular flexibility index (Phi) is 1.73. The number of aromatic nitrogens is 1. The van der Waals surface area contributed by atoms with Gasteiger partial charge < -0.3 is 4.98 Å². The Hall–Kier alpha value is -0.240. The van der Waals surface area contributed by atoms with Crippen LogP contribution in [0.1, 0.15) is 12.5 Å². The molecule has 0 saturated carbocycles. The SMILES string of the molecule is CCc1c[nH]c(Br)c1. The molecule has 0 radical (unpaired) electrons. The first kappa shape index (κ1) is 5.89. The molecule has 0 unspecified atom stereocenters. The van der Waals surface area contributed by atoms with E-state index in [4.69, 9.17) is 0 Å². The van der Waals surface area contributed by atoms with Crippen molar-refractivity contribution in [2.75, 3.05) is 0 Å². The predicted molar refractivity (Wildman–Crippen MR) is 37.9 cm³/mol. The van der Waals surface area contributed by atoms with Crippen molar-refractivity contribution in [3.05, 3.63) is 22.4 Å². The molecule has 0 fully saturated rings. The number of aryl methyl sites for hydroxylation is 1. The minimum absolute atomic E-state index is 1.06. The molecular formula is C6H8BrN. The lowest BCUT2D eigenvalue weighted by Gasteiger charge is -1.79. The molecule has 0 atom stereocenters. The van der Waals surface area contributed by atoms with Gasteiger partial charge in [-0.3, -0.25) is 0 Å². The third kappa shape index (κ3) is 1.13. The number of halogens is 1. The van der Waals surface area contributed by atoms with Crippen LogP contribution in [0.4, 0.5) is 0 Å². The van der Waals surface area contributed by atoms with Gasteiger partial charge in [-0.15, -0.1) is 0 Å². The predicted octanol–water partition coefficient (Wildman–Crippen LogP) is 2.34. The molecule has 2 heteroatoms. The van der Waals surface area contributed by atoms with E-state index in [0.717, 1.165) is 11.0 Å². The number of hydrogen-bond donors (Lipinski definition) is 1. The zero-order chi connectivity index (χ0) is 5.98. The van der Waals surface area contributed by atoms with Gasteiger partial charge in [0.25, 0.3) is 0 Å². The van der Waals surface area contributed by atoms with Gasteiger partial charge in [-0.05, 0) is 34.0 Å². The van der Waals surface area contributed by atoms with Gasteiger partial charge in [0, 0.05) is 6.20 Å². The molecule has 0 aliphatic carbocycles. The topological polar surface area (TPSA) is 15.8 Å². The maximum atomic E-state index is 3.32. The molecule has 0 spiro atoms. The highest BCUT2D eigenvalue weighted by Gasteiger charge is 1.89. The van der Waals surface area contributed by atoms with Crippen LogP contribution in [0.3, 0.4) is 0 Å². The van der Waals surface area contributed by atoms with E-state index in [-0.39, 0.29) is 0 Å². The molecule has 44 valence electrons. The molecule has 0 aliphatic rings. The van der Waals surface area contributed by atoms with Crippen LogP contribution in [0.2, 0.25) is 0 Å². The molecular weight excluding hydrogens is 166 g/mol. The van der Waals surface area contributed by atoms with Gasteiger partial charge in [0.05, 0.1) is 4.60 Å². The lowest BCUT2D eigenvalue weighted by Crippen LogP contribution is -1.67. The van der Waals surface area contributed by atoms with Gasteiger partial charge in [-0.2, -0.15) is 0 Å². The van der Waals surface area contributed by atoms with Crippen molar-refractivity contribution in [3.63, 3.8) is 0 Å². The summed E-state index contributed by atoms with van der Waals surface area (Å²) >= 11 is 3.32. The summed E-state index contributed by atoms with van der Waals surface area (Å²) in [5, 5.41) is 0. The highest BCUT2D eigenvalue weighted by atomic mass is 79.9.